The Balaban J connectivity index is 0.00000144. The van der Waals surface area contributed by atoms with Crippen LogP contribution in [0.2, 0.25) is 0 Å². The lowest BCUT2D eigenvalue weighted by atomic mass is 10.1. The summed E-state index contributed by atoms with van der Waals surface area (Å²) in [5, 5.41) is 0. The molecule has 0 bridgehead atoms. The van der Waals surface area contributed by atoms with Crippen molar-refractivity contribution in [1.82, 2.24) is 0 Å². The molecular formula is C11H16ClN. The SMILES string of the molecule is C=Cc1ccccc1C[NH+](C)C.[Cl-]. The lowest BCUT2D eigenvalue weighted by Crippen LogP contribution is -3.04. The highest BCUT2D eigenvalue weighted by molar-refractivity contribution is 5.51. The Bertz CT molecular complexity index is 269. The van der Waals surface area contributed by atoms with E-state index in [0.717, 1.165) is 6.54 Å². The standard InChI is InChI=1S/C11H15N.ClH/c1-4-10-7-5-6-8-11(10)9-12(2)3;/h4-8H,1,9H2,2-3H3;1H. The Morgan fingerprint density at radius 3 is 2.46 bits per heavy atom. The fraction of sp³-hybridized carbons (Fsp3) is 0.273. The van der Waals surface area contributed by atoms with Crippen LogP contribution in [-0.2, 0) is 6.54 Å². The van der Waals surface area contributed by atoms with Gasteiger partial charge in [0.25, 0.3) is 0 Å². The van der Waals surface area contributed by atoms with Gasteiger partial charge in [-0.25, -0.2) is 0 Å². The minimum Gasteiger partial charge on any atom is -1.00 e. The zero-order chi connectivity index (χ0) is 8.97. The van der Waals surface area contributed by atoms with Crippen LogP contribution < -0.4 is 17.3 Å². The summed E-state index contributed by atoms with van der Waals surface area (Å²) in [5.41, 5.74) is 2.62. The molecule has 0 aliphatic rings. The van der Waals surface area contributed by atoms with Gasteiger partial charge in [0.15, 0.2) is 0 Å². The van der Waals surface area contributed by atoms with Gasteiger partial charge in [-0.1, -0.05) is 36.9 Å². The van der Waals surface area contributed by atoms with Gasteiger partial charge in [0.2, 0.25) is 0 Å². The summed E-state index contributed by atoms with van der Waals surface area (Å²) in [4.78, 5) is 1.43. The normalized spacial score (nSPS) is 9.46. The van der Waals surface area contributed by atoms with Crippen LogP contribution in [-0.4, -0.2) is 14.1 Å². The van der Waals surface area contributed by atoms with Crippen molar-refractivity contribution in [3.8, 4) is 0 Å². The third-order valence-electron chi connectivity index (χ3n) is 1.82. The largest absolute Gasteiger partial charge is 1.00 e. The zero-order valence-corrected chi connectivity index (χ0v) is 8.93. The lowest BCUT2D eigenvalue weighted by molar-refractivity contribution is -0.872. The molecule has 0 aliphatic heterocycles. The molecule has 0 amide bonds. The number of rotatable bonds is 3. The first kappa shape index (κ1) is 12.2. The maximum atomic E-state index is 3.79. The maximum Gasteiger partial charge on any atom is 0.103 e. The fourth-order valence-electron chi connectivity index (χ4n) is 1.28. The molecule has 0 aliphatic carbocycles. The van der Waals surface area contributed by atoms with E-state index in [2.05, 4.69) is 38.9 Å². The summed E-state index contributed by atoms with van der Waals surface area (Å²) >= 11 is 0. The average Bonchev–Trinajstić information content (AvgIpc) is 2.04. The van der Waals surface area contributed by atoms with Crippen LogP contribution in [0.4, 0.5) is 0 Å². The first-order chi connectivity index (χ1) is 5.74. The van der Waals surface area contributed by atoms with E-state index in [1.165, 1.54) is 16.0 Å². The molecule has 1 rings (SSSR count). The summed E-state index contributed by atoms with van der Waals surface area (Å²) < 4.78 is 0. The van der Waals surface area contributed by atoms with Crippen molar-refractivity contribution in [2.45, 2.75) is 6.54 Å². The molecule has 1 aromatic rings. The third kappa shape index (κ3) is 3.62. The van der Waals surface area contributed by atoms with Crippen molar-refractivity contribution in [1.29, 1.82) is 0 Å². The quantitative estimate of drug-likeness (QED) is 0.571. The Labute approximate surface area is 86.5 Å². The second kappa shape index (κ2) is 5.79. The van der Waals surface area contributed by atoms with E-state index in [1.807, 2.05) is 12.1 Å². The molecular weight excluding hydrogens is 182 g/mol. The Morgan fingerprint density at radius 2 is 1.92 bits per heavy atom. The van der Waals surface area contributed by atoms with Crippen LogP contribution in [0.5, 0.6) is 0 Å². The molecule has 1 N–H and O–H groups in total. The van der Waals surface area contributed by atoms with E-state index < -0.39 is 0 Å². The molecule has 1 nitrogen and oxygen atoms in total. The van der Waals surface area contributed by atoms with E-state index in [1.54, 1.807) is 0 Å². The summed E-state index contributed by atoms with van der Waals surface area (Å²) in [6.45, 7) is 4.85. The van der Waals surface area contributed by atoms with Gasteiger partial charge in [0, 0.05) is 5.56 Å². The van der Waals surface area contributed by atoms with Gasteiger partial charge < -0.3 is 17.3 Å². The molecule has 0 saturated carbocycles. The lowest BCUT2D eigenvalue weighted by Gasteiger charge is -2.09. The smallest absolute Gasteiger partial charge is 0.103 e. The summed E-state index contributed by atoms with van der Waals surface area (Å²) in [7, 11) is 4.31. The van der Waals surface area contributed by atoms with Gasteiger partial charge in [-0.3, -0.25) is 0 Å². The van der Waals surface area contributed by atoms with E-state index in [4.69, 9.17) is 0 Å². The molecule has 13 heavy (non-hydrogen) atoms. The van der Waals surface area contributed by atoms with Crippen molar-refractivity contribution in [2.24, 2.45) is 0 Å². The van der Waals surface area contributed by atoms with Gasteiger partial charge in [-0.2, -0.15) is 0 Å². The molecule has 0 radical (unpaired) electrons. The number of benzene rings is 1. The Kier molecular flexibility index (Phi) is 5.44. The molecule has 72 valence electrons. The number of nitrogens with one attached hydrogen (secondary N) is 1. The number of hydrogen-bond donors (Lipinski definition) is 1. The predicted octanol–water partition coefficient (Wildman–Crippen LogP) is -2.02. The van der Waals surface area contributed by atoms with E-state index in [9.17, 15) is 0 Å². The molecule has 0 aromatic heterocycles. The average molecular weight is 198 g/mol. The van der Waals surface area contributed by atoms with Crippen molar-refractivity contribution in [2.75, 3.05) is 14.1 Å². The van der Waals surface area contributed by atoms with Gasteiger partial charge in [-0.05, 0) is 5.56 Å². The van der Waals surface area contributed by atoms with Crippen LogP contribution in [0, 0.1) is 0 Å². The number of halogens is 1. The monoisotopic (exact) mass is 197 g/mol. The van der Waals surface area contributed by atoms with Gasteiger partial charge >= 0.3 is 0 Å². The van der Waals surface area contributed by atoms with E-state index >= 15 is 0 Å². The first-order valence-corrected chi connectivity index (χ1v) is 4.23. The predicted molar refractivity (Wildman–Crippen MR) is 53.0 cm³/mol. The third-order valence-corrected chi connectivity index (χ3v) is 1.82. The topological polar surface area (TPSA) is 4.44 Å². The molecule has 0 atom stereocenters. The number of quaternary nitrogens is 1. The summed E-state index contributed by atoms with van der Waals surface area (Å²) in [6.07, 6.45) is 1.91. The Morgan fingerprint density at radius 1 is 1.31 bits per heavy atom. The maximum absolute atomic E-state index is 3.79. The van der Waals surface area contributed by atoms with Crippen LogP contribution in [0.15, 0.2) is 30.8 Å². The highest BCUT2D eigenvalue weighted by Crippen LogP contribution is 2.07. The van der Waals surface area contributed by atoms with Crippen molar-refractivity contribution >= 4 is 6.08 Å². The van der Waals surface area contributed by atoms with Crippen LogP contribution in [0.25, 0.3) is 6.08 Å². The minimum absolute atomic E-state index is 0. The second-order valence-corrected chi connectivity index (χ2v) is 3.29. The zero-order valence-electron chi connectivity index (χ0n) is 8.18. The molecule has 0 fully saturated rings. The van der Waals surface area contributed by atoms with E-state index in [0.29, 0.717) is 0 Å². The summed E-state index contributed by atoms with van der Waals surface area (Å²) in [5.74, 6) is 0. The Hall–Kier alpha value is -0.790. The van der Waals surface area contributed by atoms with Crippen molar-refractivity contribution in [3.63, 3.8) is 0 Å². The minimum atomic E-state index is 0. The molecule has 0 unspecified atom stereocenters. The van der Waals surface area contributed by atoms with Crippen LogP contribution >= 0.6 is 0 Å². The van der Waals surface area contributed by atoms with Crippen LogP contribution in [0.3, 0.4) is 0 Å². The summed E-state index contributed by atoms with van der Waals surface area (Å²) in [6, 6.07) is 8.38. The van der Waals surface area contributed by atoms with Gasteiger partial charge in [-0.15, -0.1) is 0 Å². The second-order valence-electron chi connectivity index (χ2n) is 3.29. The molecule has 0 spiro atoms. The van der Waals surface area contributed by atoms with Crippen LogP contribution in [0.1, 0.15) is 11.1 Å². The highest BCUT2D eigenvalue weighted by Gasteiger charge is 2.00. The van der Waals surface area contributed by atoms with Gasteiger partial charge in [0.1, 0.15) is 6.54 Å². The molecule has 1 aromatic carbocycles. The molecule has 2 heteroatoms. The molecule has 0 heterocycles. The number of hydrogen-bond acceptors (Lipinski definition) is 0. The van der Waals surface area contributed by atoms with Crippen molar-refractivity contribution < 1.29 is 17.3 Å². The van der Waals surface area contributed by atoms with Gasteiger partial charge in [0.05, 0.1) is 14.1 Å². The first-order valence-electron chi connectivity index (χ1n) is 4.23. The fourth-order valence-corrected chi connectivity index (χ4v) is 1.28. The van der Waals surface area contributed by atoms with Crippen molar-refractivity contribution in [3.05, 3.63) is 42.0 Å². The molecule has 0 saturated heterocycles. The van der Waals surface area contributed by atoms with E-state index in [-0.39, 0.29) is 12.4 Å². The highest BCUT2D eigenvalue weighted by atomic mass is 35.5.